The minimum absolute atomic E-state index is 0.367. The minimum Gasteiger partial charge on any atom is -0.389 e. The third-order valence-corrected chi connectivity index (χ3v) is 4.26. The molecule has 2 aromatic carbocycles. The highest BCUT2D eigenvalue weighted by atomic mass is 79.9. The molecule has 0 aromatic heterocycles. The summed E-state index contributed by atoms with van der Waals surface area (Å²) >= 11 is 14.7. The van der Waals surface area contributed by atoms with Crippen molar-refractivity contribution in [3.05, 3.63) is 68.7 Å². The molecule has 0 radical (unpaired) electrons. The molecule has 0 aliphatic heterocycles. The second-order valence-electron chi connectivity index (χ2n) is 4.97. The molecular formula is C16H16BrClN2S. The van der Waals surface area contributed by atoms with Crippen molar-refractivity contribution in [1.29, 1.82) is 0 Å². The van der Waals surface area contributed by atoms with Gasteiger partial charge >= 0.3 is 0 Å². The molecule has 0 aliphatic rings. The lowest BCUT2D eigenvalue weighted by molar-refractivity contribution is 0.319. The molecule has 0 fully saturated rings. The van der Waals surface area contributed by atoms with E-state index in [1.54, 1.807) is 0 Å². The van der Waals surface area contributed by atoms with Crippen molar-refractivity contribution in [3.63, 3.8) is 0 Å². The number of hydrogen-bond acceptors (Lipinski definition) is 2. The Kier molecular flexibility index (Phi) is 5.76. The summed E-state index contributed by atoms with van der Waals surface area (Å²) in [5, 5.41) is 0.697. The molecular weight excluding hydrogens is 368 g/mol. The molecule has 2 aromatic rings. The van der Waals surface area contributed by atoms with E-state index in [4.69, 9.17) is 29.6 Å². The van der Waals surface area contributed by atoms with E-state index in [9.17, 15) is 0 Å². The maximum Gasteiger partial charge on any atom is 0.104 e. The fraction of sp³-hybridized carbons (Fsp3) is 0.188. The minimum atomic E-state index is 0.367. The molecule has 0 aliphatic carbocycles. The highest BCUT2D eigenvalue weighted by Crippen LogP contribution is 2.20. The van der Waals surface area contributed by atoms with Crippen LogP contribution in [-0.4, -0.2) is 16.9 Å². The lowest BCUT2D eigenvalue weighted by Gasteiger charge is -2.18. The fourth-order valence-electron chi connectivity index (χ4n) is 2.08. The molecule has 0 spiro atoms. The van der Waals surface area contributed by atoms with E-state index in [1.165, 1.54) is 5.56 Å². The SMILES string of the molecule is CN(Cc1ccc(Br)cc1)Cc1ccc(C(N)=S)cc1Cl. The first-order valence-corrected chi connectivity index (χ1v) is 8.05. The summed E-state index contributed by atoms with van der Waals surface area (Å²) in [6.45, 7) is 1.63. The first-order chi connectivity index (χ1) is 9.95. The van der Waals surface area contributed by atoms with Crippen molar-refractivity contribution in [1.82, 2.24) is 4.90 Å². The fourth-order valence-corrected chi connectivity index (χ4v) is 2.71. The van der Waals surface area contributed by atoms with Crippen LogP contribution >= 0.6 is 39.7 Å². The maximum absolute atomic E-state index is 6.29. The molecule has 5 heteroatoms. The van der Waals surface area contributed by atoms with Gasteiger partial charge in [0.05, 0.1) is 0 Å². The lowest BCUT2D eigenvalue weighted by atomic mass is 10.1. The van der Waals surface area contributed by atoms with E-state index in [0.717, 1.165) is 28.7 Å². The summed E-state index contributed by atoms with van der Waals surface area (Å²) in [5.74, 6) is 0. The molecule has 0 heterocycles. The zero-order valence-corrected chi connectivity index (χ0v) is 14.8. The van der Waals surface area contributed by atoms with Crippen LogP contribution in [-0.2, 0) is 13.1 Å². The molecule has 0 saturated carbocycles. The average molecular weight is 384 g/mol. The Morgan fingerprint density at radius 1 is 1.19 bits per heavy atom. The van der Waals surface area contributed by atoms with E-state index >= 15 is 0 Å². The molecule has 2 N–H and O–H groups in total. The summed E-state index contributed by atoms with van der Waals surface area (Å²) < 4.78 is 1.09. The first kappa shape index (κ1) is 16.4. The topological polar surface area (TPSA) is 29.3 Å². The number of nitrogens with zero attached hydrogens (tertiary/aromatic N) is 1. The molecule has 0 amide bonds. The van der Waals surface area contributed by atoms with Crippen molar-refractivity contribution in [3.8, 4) is 0 Å². The average Bonchev–Trinajstić information content (AvgIpc) is 2.43. The van der Waals surface area contributed by atoms with Gasteiger partial charge in [-0.15, -0.1) is 0 Å². The number of rotatable bonds is 5. The quantitative estimate of drug-likeness (QED) is 0.777. The Labute approximate surface area is 144 Å². The van der Waals surface area contributed by atoms with Gasteiger partial charge in [-0.2, -0.15) is 0 Å². The van der Waals surface area contributed by atoms with Crippen LogP contribution < -0.4 is 5.73 Å². The van der Waals surface area contributed by atoms with Crippen LogP contribution in [0.5, 0.6) is 0 Å². The van der Waals surface area contributed by atoms with Crippen LogP contribution in [0.25, 0.3) is 0 Å². The summed E-state index contributed by atoms with van der Waals surface area (Å²) in [6, 6.07) is 14.0. The number of thiocarbonyl (C=S) groups is 1. The lowest BCUT2D eigenvalue weighted by Crippen LogP contribution is -2.17. The highest BCUT2D eigenvalue weighted by Gasteiger charge is 2.07. The van der Waals surface area contributed by atoms with Crippen molar-refractivity contribution in [2.75, 3.05) is 7.05 Å². The van der Waals surface area contributed by atoms with Gasteiger partial charge in [0.15, 0.2) is 0 Å². The van der Waals surface area contributed by atoms with Crippen molar-refractivity contribution in [2.45, 2.75) is 13.1 Å². The largest absolute Gasteiger partial charge is 0.389 e. The second kappa shape index (κ2) is 7.36. The van der Waals surface area contributed by atoms with E-state index in [2.05, 4.69) is 40.0 Å². The van der Waals surface area contributed by atoms with Gasteiger partial charge in [-0.05, 0) is 36.4 Å². The summed E-state index contributed by atoms with van der Waals surface area (Å²) in [7, 11) is 2.07. The van der Waals surface area contributed by atoms with Crippen LogP contribution in [0, 0.1) is 0 Å². The Morgan fingerprint density at radius 2 is 1.86 bits per heavy atom. The van der Waals surface area contributed by atoms with Crippen LogP contribution in [0.1, 0.15) is 16.7 Å². The van der Waals surface area contributed by atoms with E-state index < -0.39 is 0 Å². The first-order valence-electron chi connectivity index (χ1n) is 6.47. The Balaban J connectivity index is 2.04. The third-order valence-electron chi connectivity index (χ3n) is 3.14. The normalized spacial score (nSPS) is 10.9. The van der Waals surface area contributed by atoms with E-state index in [-0.39, 0.29) is 0 Å². The summed E-state index contributed by atoms with van der Waals surface area (Å²) in [4.78, 5) is 2.58. The van der Waals surface area contributed by atoms with Gasteiger partial charge in [0, 0.05) is 28.1 Å². The van der Waals surface area contributed by atoms with Crippen molar-refractivity contribution in [2.24, 2.45) is 5.73 Å². The smallest absolute Gasteiger partial charge is 0.104 e. The van der Waals surface area contributed by atoms with E-state index in [0.29, 0.717) is 10.0 Å². The summed E-state index contributed by atoms with van der Waals surface area (Å²) in [6.07, 6.45) is 0. The Morgan fingerprint density at radius 3 is 2.43 bits per heavy atom. The molecule has 2 rings (SSSR count). The van der Waals surface area contributed by atoms with Gasteiger partial charge in [-0.25, -0.2) is 0 Å². The Hall–Kier alpha value is -0.940. The van der Waals surface area contributed by atoms with Gasteiger partial charge < -0.3 is 5.73 Å². The zero-order chi connectivity index (χ0) is 15.4. The zero-order valence-electron chi connectivity index (χ0n) is 11.6. The monoisotopic (exact) mass is 382 g/mol. The van der Waals surface area contributed by atoms with Crippen molar-refractivity contribution < 1.29 is 0 Å². The van der Waals surface area contributed by atoms with Crippen LogP contribution in [0.2, 0.25) is 5.02 Å². The Bertz CT molecular complexity index is 643. The van der Waals surface area contributed by atoms with Crippen LogP contribution in [0.3, 0.4) is 0 Å². The third kappa shape index (κ3) is 4.78. The molecule has 21 heavy (non-hydrogen) atoms. The van der Waals surface area contributed by atoms with Gasteiger partial charge in [0.1, 0.15) is 4.99 Å². The molecule has 0 atom stereocenters. The molecule has 0 bridgehead atoms. The molecule has 2 nitrogen and oxygen atoms in total. The van der Waals surface area contributed by atoms with Gasteiger partial charge in [-0.3, -0.25) is 4.90 Å². The van der Waals surface area contributed by atoms with Crippen LogP contribution in [0.4, 0.5) is 0 Å². The van der Waals surface area contributed by atoms with Crippen molar-refractivity contribution >= 4 is 44.7 Å². The van der Waals surface area contributed by atoms with Crippen LogP contribution in [0.15, 0.2) is 46.9 Å². The maximum atomic E-state index is 6.29. The number of nitrogens with two attached hydrogens (primary N) is 1. The molecule has 0 saturated heterocycles. The van der Waals surface area contributed by atoms with E-state index in [1.807, 2.05) is 30.3 Å². The van der Waals surface area contributed by atoms with Gasteiger partial charge in [-0.1, -0.05) is 64.0 Å². The highest BCUT2D eigenvalue weighted by molar-refractivity contribution is 9.10. The molecule has 110 valence electrons. The van der Waals surface area contributed by atoms with Gasteiger partial charge in [0.25, 0.3) is 0 Å². The number of halogens is 2. The standard InChI is InChI=1S/C16H16BrClN2S/c1-20(9-11-2-6-14(17)7-3-11)10-13-5-4-12(16(19)21)8-15(13)18/h2-8H,9-10H2,1H3,(H2,19,21). The molecule has 0 unspecified atom stereocenters. The predicted octanol–water partition coefficient (Wildman–Crippen LogP) is 4.37. The summed E-state index contributed by atoms with van der Waals surface area (Å²) in [5.41, 5.74) is 8.73. The van der Waals surface area contributed by atoms with Gasteiger partial charge in [0.2, 0.25) is 0 Å². The number of hydrogen-bond donors (Lipinski definition) is 1. The predicted molar refractivity (Wildman–Crippen MR) is 96.7 cm³/mol. The second-order valence-corrected chi connectivity index (χ2v) is 6.73. The number of benzene rings is 2.